The number of ether oxygens (including phenoxy) is 1. The smallest absolute Gasteiger partial charge is 0.332 e. The Morgan fingerprint density at radius 1 is 1.10 bits per heavy atom. The average molecular weight is 288 g/mol. The second-order valence-electron chi connectivity index (χ2n) is 4.08. The van der Waals surface area contributed by atoms with E-state index in [1.54, 1.807) is 12.1 Å². The highest BCUT2D eigenvalue weighted by molar-refractivity contribution is 6.30. The number of carbonyl (C=O) groups is 1. The Morgan fingerprint density at radius 2 is 1.75 bits per heavy atom. The molecule has 2 rings (SSSR count). The third kappa shape index (κ3) is 3.87. The van der Waals surface area contributed by atoms with E-state index in [1.807, 2.05) is 42.5 Å². The molecule has 0 fully saturated rings. The number of halogens is 1. The summed E-state index contributed by atoms with van der Waals surface area (Å²) in [6, 6.07) is 16.8. The number of anilines is 1. The summed E-state index contributed by atoms with van der Waals surface area (Å²) in [7, 11) is 1.35. The van der Waals surface area contributed by atoms with E-state index < -0.39 is 5.97 Å². The molecule has 4 heteroatoms. The molecule has 2 aromatic carbocycles. The summed E-state index contributed by atoms with van der Waals surface area (Å²) in [5.74, 6) is -0.418. The van der Waals surface area contributed by atoms with Gasteiger partial charge in [0.05, 0.1) is 12.8 Å². The van der Waals surface area contributed by atoms with E-state index in [9.17, 15) is 4.79 Å². The van der Waals surface area contributed by atoms with Crippen LogP contribution in [0.2, 0.25) is 5.02 Å². The zero-order chi connectivity index (χ0) is 14.4. The van der Waals surface area contributed by atoms with Gasteiger partial charge in [-0.1, -0.05) is 41.9 Å². The third-order valence-corrected chi connectivity index (χ3v) is 2.92. The molecule has 0 saturated carbocycles. The lowest BCUT2D eigenvalue weighted by Crippen LogP contribution is -2.04. The molecule has 0 spiro atoms. The first kappa shape index (κ1) is 14.2. The molecule has 0 heterocycles. The molecule has 0 aliphatic heterocycles. The average Bonchev–Trinajstić information content (AvgIpc) is 2.48. The first-order valence-corrected chi connectivity index (χ1v) is 6.44. The number of methoxy groups -OCH3 is 1. The van der Waals surface area contributed by atoms with Crippen molar-refractivity contribution in [1.29, 1.82) is 0 Å². The highest BCUT2D eigenvalue weighted by Gasteiger charge is 2.06. The van der Waals surface area contributed by atoms with E-state index in [-0.39, 0.29) is 0 Å². The second kappa shape index (κ2) is 6.78. The minimum Gasteiger partial charge on any atom is -0.466 e. The fraction of sp³-hybridized carbons (Fsp3) is 0.0625. The summed E-state index contributed by atoms with van der Waals surface area (Å²) >= 11 is 5.88. The van der Waals surface area contributed by atoms with Crippen molar-refractivity contribution in [2.24, 2.45) is 0 Å². The Morgan fingerprint density at radius 3 is 2.35 bits per heavy atom. The number of nitrogens with one attached hydrogen (secondary N) is 1. The van der Waals surface area contributed by atoms with Crippen molar-refractivity contribution in [2.75, 3.05) is 12.4 Å². The van der Waals surface area contributed by atoms with Crippen molar-refractivity contribution in [1.82, 2.24) is 0 Å². The molecule has 2 aromatic rings. The first-order chi connectivity index (χ1) is 9.69. The van der Waals surface area contributed by atoms with Crippen molar-refractivity contribution >= 4 is 29.0 Å². The molecule has 0 radical (unpaired) electrons. The summed E-state index contributed by atoms with van der Waals surface area (Å²) in [6.07, 6.45) is 1.41. The van der Waals surface area contributed by atoms with Crippen LogP contribution in [0.3, 0.4) is 0 Å². The molecule has 102 valence electrons. The van der Waals surface area contributed by atoms with Gasteiger partial charge >= 0.3 is 5.97 Å². The Balaban J connectivity index is 2.32. The number of hydrogen-bond acceptors (Lipinski definition) is 3. The quantitative estimate of drug-likeness (QED) is 0.683. The second-order valence-corrected chi connectivity index (χ2v) is 4.52. The van der Waals surface area contributed by atoms with Gasteiger partial charge in [-0.25, -0.2) is 4.79 Å². The van der Waals surface area contributed by atoms with Gasteiger partial charge < -0.3 is 10.1 Å². The molecule has 0 bridgehead atoms. The zero-order valence-corrected chi connectivity index (χ0v) is 11.7. The van der Waals surface area contributed by atoms with Gasteiger partial charge in [-0.3, -0.25) is 0 Å². The van der Waals surface area contributed by atoms with Crippen LogP contribution in [-0.2, 0) is 9.53 Å². The SMILES string of the molecule is COC(=O)/C=C(\Nc1ccccc1)c1ccc(Cl)cc1. The fourth-order valence-corrected chi connectivity index (χ4v) is 1.80. The zero-order valence-electron chi connectivity index (χ0n) is 11.0. The molecule has 0 aliphatic rings. The van der Waals surface area contributed by atoms with Crippen LogP contribution in [-0.4, -0.2) is 13.1 Å². The lowest BCUT2D eigenvalue weighted by atomic mass is 10.1. The van der Waals surface area contributed by atoms with Crippen molar-refractivity contribution in [3.05, 3.63) is 71.3 Å². The fourth-order valence-electron chi connectivity index (χ4n) is 1.67. The molecular weight excluding hydrogens is 274 g/mol. The van der Waals surface area contributed by atoms with Gasteiger partial charge in [0.2, 0.25) is 0 Å². The van der Waals surface area contributed by atoms with Gasteiger partial charge in [0.25, 0.3) is 0 Å². The largest absolute Gasteiger partial charge is 0.466 e. The molecule has 0 aromatic heterocycles. The van der Waals surface area contributed by atoms with E-state index in [4.69, 9.17) is 11.6 Å². The standard InChI is InChI=1S/C16H14ClNO2/c1-20-16(19)11-15(12-7-9-13(17)10-8-12)18-14-5-3-2-4-6-14/h2-11,18H,1H3/b15-11-. The topological polar surface area (TPSA) is 38.3 Å². The van der Waals surface area contributed by atoms with Crippen LogP contribution < -0.4 is 5.32 Å². The van der Waals surface area contributed by atoms with Gasteiger partial charge in [-0.05, 0) is 29.8 Å². The normalized spacial score (nSPS) is 11.0. The monoisotopic (exact) mass is 287 g/mol. The number of esters is 1. The van der Waals surface area contributed by atoms with Crippen molar-refractivity contribution in [3.63, 3.8) is 0 Å². The minimum atomic E-state index is -0.418. The lowest BCUT2D eigenvalue weighted by Gasteiger charge is -2.11. The van der Waals surface area contributed by atoms with E-state index >= 15 is 0 Å². The Bertz CT molecular complexity index is 606. The highest BCUT2D eigenvalue weighted by atomic mass is 35.5. The van der Waals surface area contributed by atoms with E-state index in [1.165, 1.54) is 13.2 Å². The van der Waals surface area contributed by atoms with Crippen LogP contribution in [0.15, 0.2) is 60.7 Å². The summed E-state index contributed by atoms with van der Waals surface area (Å²) in [6.45, 7) is 0. The van der Waals surface area contributed by atoms with Gasteiger partial charge in [0.1, 0.15) is 0 Å². The van der Waals surface area contributed by atoms with Crippen molar-refractivity contribution < 1.29 is 9.53 Å². The molecular formula is C16H14ClNO2. The molecule has 1 N–H and O–H groups in total. The van der Waals surface area contributed by atoms with Crippen LogP contribution >= 0.6 is 11.6 Å². The maximum atomic E-state index is 11.5. The highest BCUT2D eigenvalue weighted by Crippen LogP contribution is 2.20. The number of rotatable bonds is 4. The molecule has 0 saturated heterocycles. The molecule has 0 unspecified atom stereocenters. The number of hydrogen-bond donors (Lipinski definition) is 1. The van der Waals surface area contributed by atoms with Crippen molar-refractivity contribution in [3.8, 4) is 0 Å². The van der Waals surface area contributed by atoms with Gasteiger partial charge in [-0.15, -0.1) is 0 Å². The third-order valence-electron chi connectivity index (χ3n) is 2.67. The summed E-state index contributed by atoms with van der Waals surface area (Å²) in [5.41, 5.74) is 2.39. The lowest BCUT2D eigenvalue weighted by molar-refractivity contribution is -0.134. The number of para-hydroxylation sites is 1. The van der Waals surface area contributed by atoms with Crippen LogP contribution in [0.4, 0.5) is 5.69 Å². The molecule has 0 atom stereocenters. The van der Waals surface area contributed by atoms with Crippen molar-refractivity contribution in [2.45, 2.75) is 0 Å². The van der Waals surface area contributed by atoms with Crippen LogP contribution in [0.5, 0.6) is 0 Å². The summed E-state index contributed by atoms with van der Waals surface area (Å²) in [5, 5.41) is 3.84. The van der Waals surface area contributed by atoms with Gasteiger partial charge in [0, 0.05) is 16.8 Å². The van der Waals surface area contributed by atoms with E-state index in [0.717, 1.165) is 11.3 Å². The number of benzene rings is 2. The first-order valence-electron chi connectivity index (χ1n) is 6.06. The predicted molar refractivity (Wildman–Crippen MR) is 81.5 cm³/mol. The Labute approximate surface area is 122 Å². The molecule has 3 nitrogen and oxygen atoms in total. The minimum absolute atomic E-state index is 0.418. The Hall–Kier alpha value is -2.26. The maximum Gasteiger partial charge on any atom is 0.332 e. The summed E-state index contributed by atoms with van der Waals surface area (Å²) in [4.78, 5) is 11.5. The predicted octanol–water partition coefficient (Wildman–Crippen LogP) is 3.97. The Kier molecular flexibility index (Phi) is 4.80. The molecule has 0 aliphatic carbocycles. The van der Waals surface area contributed by atoms with Gasteiger partial charge in [-0.2, -0.15) is 0 Å². The molecule has 0 amide bonds. The molecule has 20 heavy (non-hydrogen) atoms. The van der Waals surface area contributed by atoms with Gasteiger partial charge in [0.15, 0.2) is 0 Å². The van der Waals surface area contributed by atoms with E-state index in [2.05, 4.69) is 10.1 Å². The maximum absolute atomic E-state index is 11.5. The van der Waals surface area contributed by atoms with Crippen LogP contribution in [0.25, 0.3) is 5.70 Å². The summed E-state index contributed by atoms with van der Waals surface area (Å²) < 4.78 is 4.68. The van der Waals surface area contributed by atoms with Crippen LogP contribution in [0, 0.1) is 0 Å². The van der Waals surface area contributed by atoms with Crippen LogP contribution in [0.1, 0.15) is 5.56 Å². The van der Waals surface area contributed by atoms with E-state index in [0.29, 0.717) is 10.7 Å². The number of carbonyl (C=O) groups excluding carboxylic acids is 1.